The van der Waals surface area contributed by atoms with E-state index in [1.807, 2.05) is 0 Å². The largest absolute Gasteiger partial charge is 0.355 e. The van der Waals surface area contributed by atoms with Gasteiger partial charge in [0.1, 0.15) is 0 Å². The second-order valence-corrected chi connectivity index (χ2v) is 6.97. The van der Waals surface area contributed by atoms with Crippen molar-refractivity contribution < 1.29 is 4.79 Å². The fraction of sp³-hybridized carbons (Fsp3) is 0.632. The van der Waals surface area contributed by atoms with Crippen molar-refractivity contribution in [3.63, 3.8) is 0 Å². The zero-order chi connectivity index (χ0) is 14.5. The Labute approximate surface area is 128 Å². The normalized spacial score (nSPS) is 21.0. The number of carbonyl (C=O) groups excluding carboxylic acids is 1. The van der Waals surface area contributed by atoms with Crippen molar-refractivity contribution in [3.8, 4) is 0 Å². The van der Waals surface area contributed by atoms with Crippen LogP contribution in [0.5, 0.6) is 0 Å². The summed E-state index contributed by atoms with van der Waals surface area (Å²) in [7, 11) is 0. The van der Waals surface area contributed by atoms with E-state index in [4.69, 9.17) is 0 Å². The first-order chi connectivity index (χ1) is 10.3. The van der Waals surface area contributed by atoms with Gasteiger partial charge in [-0.05, 0) is 30.7 Å². The van der Waals surface area contributed by atoms with Gasteiger partial charge < -0.3 is 5.32 Å². The molecule has 0 heterocycles. The molecule has 0 spiro atoms. The van der Waals surface area contributed by atoms with Gasteiger partial charge in [-0.2, -0.15) is 0 Å². The summed E-state index contributed by atoms with van der Waals surface area (Å²) in [4.78, 5) is 12.1. The Morgan fingerprint density at radius 1 is 1.10 bits per heavy atom. The molecule has 1 aromatic carbocycles. The Morgan fingerprint density at radius 3 is 2.43 bits per heavy atom. The highest BCUT2D eigenvalue weighted by atomic mass is 16.1. The average molecular weight is 285 g/mol. The van der Waals surface area contributed by atoms with Gasteiger partial charge in [-0.15, -0.1) is 0 Å². The molecule has 0 aromatic heterocycles. The molecule has 0 saturated heterocycles. The van der Waals surface area contributed by atoms with Gasteiger partial charge in [-0.25, -0.2) is 0 Å². The van der Waals surface area contributed by atoms with Crippen LogP contribution in [-0.4, -0.2) is 12.5 Å². The summed E-state index contributed by atoms with van der Waals surface area (Å²) in [5.41, 5.74) is 1.61. The minimum atomic E-state index is 0.213. The third-order valence-corrected chi connectivity index (χ3v) is 5.58. The average Bonchev–Trinajstić information content (AvgIpc) is 2.98. The van der Waals surface area contributed by atoms with Crippen LogP contribution >= 0.6 is 0 Å². The molecular weight excluding hydrogens is 258 g/mol. The maximum atomic E-state index is 12.1. The van der Waals surface area contributed by atoms with E-state index in [-0.39, 0.29) is 11.3 Å². The highest BCUT2D eigenvalue weighted by Crippen LogP contribution is 2.43. The molecule has 21 heavy (non-hydrogen) atoms. The van der Waals surface area contributed by atoms with Crippen molar-refractivity contribution in [2.24, 2.45) is 5.92 Å². The molecule has 0 radical (unpaired) electrons. The van der Waals surface area contributed by atoms with Gasteiger partial charge in [0.2, 0.25) is 5.91 Å². The lowest BCUT2D eigenvalue weighted by Crippen LogP contribution is -2.45. The van der Waals surface area contributed by atoms with E-state index in [0.29, 0.717) is 0 Å². The van der Waals surface area contributed by atoms with E-state index in [2.05, 4.69) is 35.6 Å². The van der Waals surface area contributed by atoms with Crippen LogP contribution in [-0.2, 0) is 10.2 Å². The van der Waals surface area contributed by atoms with E-state index in [0.717, 1.165) is 25.3 Å². The van der Waals surface area contributed by atoms with Crippen molar-refractivity contribution in [3.05, 3.63) is 35.9 Å². The van der Waals surface area contributed by atoms with Gasteiger partial charge in [-0.1, -0.05) is 62.4 Å². The summed E-state index contributed by atoms with van der Waals surface area (Å²) in [6.45, 7) is 0.820. The maximum Gasteiger partial charge on any atom is 0.220 e. The number of carbonyl (C=O) groups is 1. The zero-order valence-electron chi connectivity index (χ0n) is 12.9. The molecule has 2 aliphatic carbocycles. The quantitative estimate of drug-likeness (QED) is 0.834. The molecule has 0 unspecified atom stereocenters. The van der Waals surface area contributed by atoms with Crippen LogP contribution in [0.25, 0.3) is 0 Å². The number of nitrogens with one attached hydrogen (secondary N) is 1. The van der Waals surface area contributed by atoms with Crippen LogP contribution in [0, 0.1) is 5.92 Å². The molecule has 1 aromatic rings. The summed E-state index contributed by atoms with van der Waals surface area (Å²) in [5, 5.41) is 3.21. The van der Waals surface area contributed by atoms with E-state index in [9.17, 15) is 4.79 Å². The lowest BCUT2D eigenvalue weighted by Gasteiger charge is -2.42. The fourth-order valence-corrected chi connectivity index (χ4v) is 3.95. The predicted octanol–water partition coefficient (Wildman–Crippen LogP) is 4.19. The zero-order valence-corrected chi connectivity index (χ0v) is 12.9. The molecular formula is C19H27NO. The third-order valence-electron chi connectivity index (χ3n) is 5.58. The molecule has 1 N–H and O–H groups in total. The first-order valence-electron chi connectivity index (χ1n) is 8.61. The van der Waals surface area contributed by atoms with Gasteiger partial charge in [0.15, 0.2) is 0 Å². The van der Waals surface area contributed by atoms with Crippen LogP contribution in [0.15, 0.2) is 30.3 Å². The molecule has 2 saturated carbocycles. The molecule has 0 aliphatic heterocycles. The van der Waals surface area contributed by atoms with E-state index >= 15 is 0 Å². The van der Waals surface area contributed by atoms with Crippen LogP contribution in [0.4, 0.5) is 0 Å². The van der Waals surface area contributed by atoms with Gasteiger partial charge in [0.05, 0.1) is 0 Å². The highest BCUT2D eigenvalue weighted by molar-refractivity contribution is 5.76. The van der Waals surface area contributed by atoms with Crippen LogP contribution in [0.2, 0.25) is 0 Å². The SMILES string of the molecule is O=C(CCC1CCCC1)NCC1(c2ccccc2)CCC1. The molecule has 2 nitrogen and oxygen atoms in total. The second kappa shape index (κ2) is 6.64. The summed E-state index contributed by atoms with van der Waals surface area (Å²) in [5.74, 6) is 1.06. The second-order valence-electron chi connectivity index (χ2n) is 6.97. The number of hydrogen-bond acceptors (Lipinski definition) is 1. The molecule has 2 aliphatic rings. The first-order valence-corrected chi connectivity index (χ1v) is 8.61. The molecule has 3 rings (SSSR count). The Balaban J connectivity index is 1.48. The van der Waals surface area contributed by atoms with E-state index in [1.54, 1.807) is 0 Å². The summed E-state index contributed by atoms with van der Waals surface area (Å²) in [6, 6.07) is 10.7. The third kappa shape index (κ3) is 3.48. The highest BCUT2D eigenvalue weighted by Gasteiger charge is 2.38. The van der Waals surface area contributed by atoms with Gasteiger partial charge in [0, 0.05) is 18.4 Å². The smallest absolute Gasteiger partial charge is 0.220 e. The minimum absolute atomic E-state index is 0.213. The van der Waals surface area contributed by atoms with Crippen LogP contribution < -0.4 is 5.32 Å². The molecule has 0 atom stereocenters. The standard InChI is InChI=1S/C19H27NO/c21-18(12-11-16-7-4-5-8-16)20-15-19(13-6-14-19)17-9-2-1-3-10-17/h1-3,9-10,16H,4-8,11-15H2,(H,20,21). The maximum absolute atomic E-state index is 12.1. The lowest BCUT2D eigenvalue weighted by molar-refractivity contribution is -0.121. The van der Waals surface area contributed by atoms with Crippen molar-refractivity contribution in [2.45, 2.75) is 63.2 Å². The fourth-order valence-electron chi connectivity index (χ4n) is 3.95. The minimum Gasteiger partial charge on any atom is -0.355 e. The molecule has 114 valence electrons. The monoisotopic (exact) mass is 285 g/mol. The summed E-state index contributed by atoms with van der Waals surface area (Å²) in [6.07, 6.45) is 10.9. The Bertz CT molecular complexity index is 458. The van der Waals surface area contributed by atoms with Crippen molar-refractivity contribution >= 4 is 5.91 Å². The Morgan fingerprint density at radius 2 is 1.81 bits per heavy atom. The van der Waals surface area contributed by atoms with Crippen molar-refractivity contribution in [2.75, 3.05) is 6.54 Å². The summed E-state index contributed by atoms with van der Waals surface area (Å²) >= 11 is 0. The summed E-state index contributed by atoms with van der Waals surface area (Å²) < 4.78 is 0. The van der Waals surface area contributed by atoms with Crippen LogP contribution in [0.1, 0.15) is 63.4 Å². The molecule has 1 amide bonds. The number of amides is 1. The lowest BCUT2D eigenvalue weighted by atomic mass is 9.64. The Hall–Kier alpha value is -1.31. The van der Waals surface area contributed by atoms with Crippen molar-refractivity contribution in [1.29, 1.82) is 0 Å². The van der Waals surface area contributed by atoms with Gasteiger partial charge >= 0.3 is 0 Å². The van der Waals surface area contributed by atoms with Crippen LogP contribution in [0.3, 0.4) is 0 Å². The van der Waals surface area contributed by atoms with Crippen molar-refractivity contribution in [1.82, 2.24) is 5.32 Å². The van der Waals surface area contributed by atoms with E-state index in [1.165, 1.54) is 50.5 Å². The molecule has 2 fully saturated rings. The number of hydrogen-bond donors (Lipinski definition) is 1. The predicted molar refractivity (Wildman–Crippen MR) is 86.2 cm³/mol. The Kier molecular flexibility index (Phi) is 4.62. The molecule has 0 bridgehead atoms. The molecule has 2 heteroatoms. The topological polar surface area (TPSA) is 29.1 Å². The van der Waals surface area contributed by atoms with E-state index < -0.39 is 0 Å². The number of benzene rings is 1. The first kappa shape index (κ1) is 14.6. The van der Waals surface area contributed by atoms with Gasteiger partial charge in [-0.3, -0.25) is 4.79 Å². The van der Waals surface area contributed by atoms with Gasteiger partial charge in [0.25, 0.3) is 0 Å². The number of rotatable bonds is 6.